The maximum atomic E-state index is 5.06. The lowest BCUT2D eigenvalue weighted by Crippen LogP contribution is -2.74. The molecule has 7 aromatic rings. The predicted octanol–water partition coefficient (Wildman–Crippen LogP) is 8.10. The second kappa shape index (κ2) is 13.8. The van der Waals surface area contributed by atoms with Gasteiger partial charge in [-0.1, -0.05) is 143 Å². The van der Waals surface area contributed by atoms with Crippen molar-refractivity contribution < 1.29 is 0 Å². The summed E-state index contributed by atoms with van der Waals surface area (Å²) in [4.78, 5) is 14.4. The minimum Gasteiger partial charge on any atom is -0.340 e. The molecule has 0 atom stereocenters. The second-order valence-electron chi connectivity index (χ2n) is 14.4. The number of rotatable bonds is 9. The molecule has 0 aliphatic carbocycles. The first-order valence-corrected chi connectivity index (χ1v) is 20.3. The van der Waals surface area contributed by atoms with Gasteiger partial charge in [-0.25, -0.2) is 9.97 Å². The summed E-state index contributed by atoms with van der Waals surface area (Å²) < 4.78 is 2.33. The molecule has 6 heteroatoms. The Morgan fingerprint density at radius 2 is 1.17 bits per heavy atom. The summed E-state index contributed by atoms with van der Waals surface area (Å²) >= 11 is 0. The number of para-hydroxylation sites is 1. The zero-order chi connectivity index (χ0) is 35.8. The molecular weight excluding hydrogens is 651 g/mol. The van der Waals surface area contributed by atoms with E-state index in [1.165, 1.54) is 37.6 Å². The van der Waals surface area contributed by atoms with Crippen LogP contribution in [0.3, 0.4) is 0 Å². The van der Waals surface area contributed by atoms with E-state index < -0.39 is 8.07 Å². The Kier molecular flexibility index (Phi) is 8.85. The summed E-state index contributed by atoms with van der Waals surface area (Å²) in [5.74, 6) is 2.71. The SMILES string of the molecule is CC(C)c1cccc(C(C)C)c1-n1ccnc1-c1cccc([Si](c2ccccc2)(c2ccccc2)c2cccc(N3CN(C)c4ncccc43)c2)c1. The summed E-state index contributed by atoms with van der Waals surface area (Å²) in [7, 11) is -0.769. The van der Waals surface area contributed by atoms with Crippen LogP contribution in [0, 0.1) is 0 Å². The molecule has 52 heavy (non-hydrogen) atoms. The van der Waals surface area contributed by atoms with Crippen molar-refractivity contribution >= 4 is 46.0 Å². The molecule has 1 aliphatic rings. The molecule has 258 valence electrons. The van der Waals surface area contributed by atoms with E-state index in [9.17, 15) is 0 Å². The van der Waals surface area contributed by atoms with Gasteiger partial charge in [-0.15, -0.1) is 0 Å². The van der Waals surface area contributed by atoms with Crippen molar-refractivity contribution in [2.24, 2.45) is 0 Å². The molecule has 0 saturated heterocycles. The van der Waals surface area contributed by atoms with Crippen molar-refractivity contribution in [1.82, 2.24) is 14.5 Å². The lowest BCUT2D eigenvalue weighted by molar-refractivity contribution is 0.807. The Morgan fingerprint density at radius 1 is 0.577 bits per heavy atom. The summed E-state index contributed by atoms with van der Waals surface area (Å²) in [6, 6.07) is 51.8. The molecule has 5 nitrogen and oxygen atoms in total. The van der Waals surface area contributed by atoms with E-state index in [1.807, 2.05) is 18.5 Å². The van der Waals surface area contributed by atoms with Crippen LogP contribution in [0.2, 0.25) is 0 Å². The van der Waals surface area contributed by atoms with Crippen LogP contribution in [-0.4, -0.2) is 36.3 Å². The maximum Gasteiger partial charge on any atom is 0.179 e. The zero-order valence-electron chi connectivity index (χ0n) is 30.6. The number of fused-ring (bicyclic) bond motifs is 1. The highest BCUT2D eigenvalue weighted by Crippen LogP contribution is 2.38. The molecule has 0 fully saturated rings. The number of anilines is 3. The highest BCUT2D eigenvalue weighted by atomic mass is 28.3. The average molecular weight is 696 g/mol. The molecule has 0 spiro atoms. The largest absolute Gasteiger partial charge is 0.340 e. The van der Waals surface area contributed by atoms with Gasteiger partial charge in [0, 0.05) is 36.9 Å². The fourth-order valence-corrected chi connectivity index (χ4v) is 12.9. The summed E-state index contributed by atoms with van der Waals surface area (Å²) in [5, 5.41) is 5.32. The average Bonchev–Trinajstić information content (AvgIpc) is 3.81. The second-order valence-corrected chi connectivity index (χ2v) is 18.3. The van der Waals surface area contributed by atoms with E-state index in [0.717, 1.165) is 35.2 Å². The molecule has 2 aromatic heterocycles. The van der Waals surface area contributed by atoms with Crippen LogP contribution in [0.4, 0.5) is 17.2 Å². The minimum atomic E-state index is -2.88. The first-order valence-electron chi connectivity index (χ1n) is 18.3. The van der Waals surface area contributed by atoms with E-state index in [4.69, 9.17) is 9.97 Å². The van der Waals surface area contributed by atoms with Gasteiger partial charge in [0.25, 0.3) is 0 Å². The number of hydrogen-bond acceptors (Lipinski definition) is 4. The van der Waals surface area contributed by atoms with Gasteiger partial charge in [0.2, 0.25) is 0 Å². The quantitative estimate of drug-likeness (QED) is 0.113. The molecule has 1 aliphatic heterocycles. The van der Waals surface area contributed by atoms with Gasteiger partial charge >= 0.3 is 0 Å². The van der Waals surface area contributed by atoms with Crippen molar-refractivity contribution in [3.8, 4) is 17.1 Å². The number of imidazole rings is 1. The molecular formula is C46H45N5Si. The molecule has 8 rings (SSSR count). The van der Waals surface area contributed by atoms with Gasteiger partial charge in [0.05, 0.1) is 18.0 Å². The van der Waals surface area contributed by atoms with Crippen LogP contribution in [0.25, 0.3) is 17.1 Å². The fraction of sp³-hybridized carbons (Fsp3) is 0.174. The Bertz CT molecular complexity index is 2260. The van der Waals surface area contributed by atoms with Crippen LogP contribution in [0.1, 0.15) is 50.7 Å². The third-order valence-electron chi connectivity index (χ3n) is 10.6. The Morgan fingerprint density at radius 3 is 1.83 bits per heavy atom. The van der Waals surface area contributed by atoms with Crippen LogP contribution >= 0.6 is 0 Å². The lowest BCUT2D eigenvalue weighted by atomic mass is 9.92. The Hall–Kier alpha value is -5.72. The maximum absolute atomic E-state index is 5.06. The molecule has 0 N–H and O–H groups in total. The minimum absolute atomic E-state index is 0.372. The first-order chi connectivity index (χ1) is 25.4. The van der Waals surface area contributed by atoms with Crippen molar-refractivity contribution in [2.45, 2.75) is 39.5 Å². The number of benzene rings is 5. The van der Waals surface area contributed by atoms with Crippen molar-refractivity contribution in [3.05, 3.63) is 169 Å². The van der Waals surface area contributed by atoms with Crippen LogP contribution < -0.4 is 30.5 Å². The van der Waals surface area contributed by atoms with E-state index in [1.54, 1.807) is 0 Å². The fourth-order valence-electron chi connectivity index (χ4n) is 8.13. The summed E-state index contributed by atoms with van der Waals surface area (Å²) in [5.41, 5.74) is 7.32. The molecule has 3 heterocycles. The van der Waals surface area contributed by atoms with Crippen molar-refractivity contribution in [1.29, 1.82) is 0 Å². The predicted molar refractivity (Wildman–Crippen MR) is 220 cm³/mol. The summed E-state index contributed by atoms with van der Waals surface area (Å²) in [6.45, 7) is 9.87. The lowest BCUT2D eigenvalue weighted by Gasteiger charge is -2.35. The van der Waals surface area contributed by atoms with Gasteiger partial charge in [0.15, 0.2) is 13.9 Å². The zero-order valence-corrected chi connectivity index (χ0v) is 31.6. The molecule has 0 saturated carbocycles. The van der Waals surface area contributed by atoms with Gasteiger partial charge in [-0.05, 0) is 68.0 Å². The smallest absolute Gasteiger partial charge is 0.179 e. The number of hydrogen-bond donors (Lipinski definition) is 0. The standard InChI is InChI=1S/C46H45N5Si/c1-33(2)41-24-14-25-42(34(3)4)44(41)50-29-28-48-45(50)35-16-12-22-39(30-35)52(37-18-8-6-9-19-37,38-20-10-7-11-21-38)40-23-13-17-36(31-40)51-32-49(5)46-43(51)26-15-27-47-46/h6-31,33-34H,32H2,1-5H3. The Balaban J connectivity index is 1.36. The van der Waals surface area contributed by atoms with E-state index in [-0.39, 0.29) is 0 Å². The van der Waals surface area contributed by atoms with Gasteiger partial charge in [0.1, 0.15) is 5.82 Å². The van der Waals surface area contributed by atoms with Crippen LogP contribution in [0.5, 0.6) is 0 Å². The van der Waals surface area contributed by atoms with Crippen molar-refractivity contribution in [3.63, 3.8) is 0 Å². The van der Waals surface area contributed by atoms with Gasteiger partial charge in [-0.2, -0.15) is 0 Å². The van der Waals surface area contributed by atoms with Crippen LogP contribution in [0.15, 0.2) is 158 Å². The molecule has 0 radical (unpaired) electrons. The van der Waals surface area contributed by atoms with E-state index in [0.29, 0.717) is 11.8 Å². The Labute approximate surface area is 308 Å². The highest BCUT2D eigenvalue weighted by molar-refractivity contribution is 7.20. The first kappa shape index (κ1) is 33.4. The molecule has 5 aromatic carbocycles. The monoisotopic (exact) mass is 695 g/mol. The van der Waals surface area contributed by atoms with E-state index >= 15 is 0 Å². The van der Waals surface area contributed by atoms with Crippen LogP contribution in [-0.2, 0) is 0 Å². The molecule has 0 bridgehead atoms. The number of aromatic nitrogens is 3. The van der Waals surface area contributed by atoms with Gasteiger partial charge < -0.3 is 9.80 Å². The van der Waals surface area contributed by atoms with Gasteiger partial charge in [-0.3, -0.25) is 4.57 Å². The highest BCUT2D eigenvalue weighted by Gasteiger charge is 2.42. The normalized spacial score (nSPS) is 12.9. The van der Waals surface area contributed by atoms with E-state index in [2.05, 4.69) is 189 Å². The molecule has 0 amide bonds. The number of nitrogens with zero attached hydrogens (tertiary/aromatic N) is 5. The third kappa shape index (κ3) is 5.64. The number of pyridine rings is 1. The topological polar surface area (TPSA) is 37.2 Å². The summed E-state index contributed by atoms with van der Waals surface area (Å²) in [6.07, 6.45) is 5.96. The molecule has 0 unspecified atom stereocenters. The van der Waals surface area contributed by atoms with Crippen molar-refractivity contribution in [2.75, 3.05) is 23.5 Å². The third-order valence-corrected chi connectivity index (χ3v) is 15.3.